The Morgan fingerprint density at radius 1 is 1.00 bits per heavy atom. The highest BCUT2D eigenvalue weighted by atomic mass is 32.2. The molecule has 0 unspecified atom stereocenters. The van der Waals surface area contributed by atoms with Crippen LogP contribution in [0.3, 0.4) is 0 Å². The van der Waals surface area contributed by atoms with Gasteiger partial charge in [-0.2, -0.15) is 0 Å². The van der Waals surface area contributed by atoms with Crippen LogP contribution in [0.4, 0.5) is 16.2 Å². The van der Waals surface area contributed by atoms with Crippen molar-refractivity contribution in [2.75, 3.05) is 32.1 Å². The van der Waals surface area contributed by atoms with Gasteiger partial charge in [-0.3, -0.25) is 19.7 Å². The molecule has 2 aromatic carbocycles. The normalized spacial score (nSPS) is 10.7. The summed E-state index contributed by atoms with van der Waals surface area (Å²) < 4.78 is 31.2. The van der Waals surface area contributed by atoms with Crippen molar-refractivity contribution >= 4 is 39.3 Å². The maximum absolute atomic E-state index is 12.2. The predicted octanol–water partition coefficient (Wildman–Crippen LogP) is 0.988. The number of benzene rings is 2. The predicted molar refractivity (Wildman–Crippen MR) is 121 cm³/mol. The summed E-state index contributed by atoms with van der Waals surface area (Å²) >= 11 is 0. The Hall–Kier alpha value is -4.04. The van der Waals surface area contributed by atoms with E-state index < -0.39 is 32.9 Å². The number of amides is 3. The number of ether oxygens (including phenoxy) is 1. The Labute approximate surface area is 195 Å². The lowest BCUT2D eigenvalue weighted by molar-refractivity contribution is -0.385. The van der Waals surface area contributed by atoms with Crippen molar-refractivity contribution in [1.82, 2.24) is 15.4 Å². The summed E-state index contributed by atoms with van der Waals surface area (Å²) in [5, 5.41) is 18.3. The Bertz CT molecular complexity index is 1150. The summed E-state index contributed by atoms with van der Waals surface area (Å²) in [5.41, 5.74) is 0.359. The lowest BCUT2D eigenvalue weighted by Gasteiger charge is -2.10. The van der Waals surface area contributed by atoms with Crippen LogP contribution in [-0.2, 0) is 19.6 Å². The molecule has 0 saturated heterocycles. The molecule has 0 saturated carbocycles. The monoisotopic (exact) mass is 493 g/mol. The zero-order valence-electron chi connectivity index (χ0n) is 18.1. The summed E-state index contributed by atoms with van der Waals surface area (Å²) in [6.07, 6.45) is 0.0451. The number of hydrogen-bond acceptors (Lipinski definition) is 8. The molecular formula is C20H23N5O8S. The van der Waals surface area contributed by atoms with Gasteiger partial charge in [-0.1, -0.05) is 6.07 Å². The Morgan fingerprint density at radius 2 is 1.71 bits per heavy atom. The van der Waals surface area contributed by atoms with Crippen molar-refractivity contribution in [3.05, 3.63) is 64.2 Å². The highest BCUT2D eigenvalue weighted by molar-refractivity contribution is 7.89. The third-order valence-corrected chi connectivity index (χ3v) is 5.75. The summed E-state index contributed by atoms with van der Waals surface area (Å²) in [6, 6.07) is 9.95. The number of esters is 1. The first-order valence-corrected chi connectivity index (χ1v) is 11.3. The van der Waals surface area contributed by atoms with Crippen molar-refractivity contribution in [2.45, 2.75) is 11.3 Å². The molecule has 2 aromatic rings. The van der Waals surface area contributed by atoms with Crippen LogP contribution < -0.4 is 20.7 Å². The number of carbonyl (C=O) groups excluding carboxylic acids is 3. The van der Waals surface area contributed by atoms with E-state index in [4.69, 9.17) is 0 Å². The second-order valence-corrected chi connectivity index (χ2v) is 8.46. The van der Waals surface area contributed by atoms with E-state index in [-0.39, 0.29) is 36.6 Å². The van der Waals surface area contributed by atoms with Crippen LogP contribution in [0.2, 0.25) is 0 Å². The van der Waals surface area contributed by atoms with Crippen LogP contribution in [0, 0.1) is 10.1 Å². The highest BCUT2D eigenvalue weighted by Crippen LogP contribution is 2.16. The van der Waals surface area contributed by atoms with Crippen molar-refractivity contribution in [3.8, 4) is 0 Å². The standard InChI is InChI=1S/C20H23N5O8S/c1-33-18(26)9-10-21-19(27)14-5-7-15(8-6-14)24-20(28)22-11-12-23-34(31,32)17-4-2-3-16(13-17)25(29)30/h2-8,13,23H,9-12H2,1H3,(H,21,27)(H2,22,24,28). The van der Waals surface area contributed by atoms with E-state index >= 15 is 0 Å². The van der Waals surface area contributed by atoms with E-state index in [1.807, 2.05) is 0 Å². The fraction of sp³-hybridized carbons (Fsp3) is 0.250. The van der Waals surface area contributed by atoms with Gasteiger partial charge in [0.2, 0.25) is 10.0 Å². The molecule has 0 atom stereocenters. The van der Waals surface area contributed by atoms with Gasteiger partial charge in [-0.05, 0) is 30.3 Å². The molecule has 14 heteroatoms. The number of nitrogens with zero attached hydrogens (tertiary/aromatic N) is 1. The van der Waals surface area contributed by atoms with Crippen LogP contribution in [0.15, 0.2) is 53.4 Å². The zero-order valence-corrected chi connectivity index (χ0v) is 18.9. The van der Waals surface area contributed by atoms with Gasteiger partial charge in [-0.25, -0.2) is 17.9 Å². The Kier molecular flexibility index (Phi) is 9.46. The fourth-order valence-electron chi connectivity index (χ4n) is 2.57. The number of nitrogens with one attached hydrogen (secondary N) is 4. The lowest BCUT2D eigenvalue weighted by atomic mass is 10.2. The molecule has 3 amide bonds. The molecule has 0 aliphatic heterocycles. The van der Waals surface area contributed by atoms with Crippen LogP contribution >= 0.6 is 0 Å². The lowest BCUT2D eigenvalue weighted by Crippen LogP contribution is -2.36. The van der Waals surface area contributed by atoms with E-state index in [0.717, 1.165) is 6.07 Å². The molecule has 13 nitrogen and oxygen atoms in total. The number of nitro benzene ring substituents is 1. The van der Waals surface area contributed by atoms with Crippen LogP contribution in [0.5, 0.6) is 0 Å². The first-order valence-electron chi connectivity index (χ1n) is 9.86. The number of nitro groups is 1. The average Bonchev–Trinajstić information content (AvgIpc) is 2.82. The summed E-state index contributed by atoms with van der Waals surface area (Å²) in [6.45, 7) is -0.0807. The maximum Gasteiger partial charge on any atom is 0.319 e. The number of carbonyl (C=O) groups is 3. The summed E-state index contributed by atoms with van der Waals surface area (Å²) in [7, 11) is -2.73. The summed E-state index contributed by atoms with van der Waals surface area (Å²) in [4.78, 5) is 44.9. The van der Waals surface area contributed by atoms with Crippen molar-refractivity contribution < 1.29 is 32.5 Å². The molecule has 0 bridgehead atoms. The van der Waals surface area contributed by atoms with Gasteiger partial charge in [0.15, 0.2) is 0 Å². The van der Waals surface area contributed by atoms with Gasteiger partial charge in [0.1, 0.15) is 0 Å². The first kappa shape index (κ1) is 26.2. The van der Waals surface area contributed by atoms with Gasteiger partial charge in [0.05, 0.1) is 23.3 Å². The highest BCUT2D eigenvalue weighted by Gasteiger charge is 2.17. The SMILES string of the molecule is COC(=O)CCNC(=O)c1ccc(NC(=O)NCCNS(=O)(=O)c2cccc([N+](=O)[O-])c2)cc1. The number of anilines is 1. The zero-order chi connectivity index (χ0) is 25.1. The molecule has 34 heavy (non-hydrogen) atoms. The van der Waals surface area contributed by atoms with Gasteiger partial charge >= 0.3 is 12.0 Å². The minimum atomic E-state index is -3.99. The molecule has 0 radical (unpaired) electrons. The van der Waals surface area contributed by atoms with E-state index in [9.17, 15) is 32.9 Å². The van der Waals surface area contributed by atoms with Gasteiger partial charge in [0.25, 0.3) is 11.6 Å². The molecule has 182 valence electrons. The minimum Gasteiger partial charge on any atom is -0.469 e. The minimum absolute atomic E-state index is 0.0451. The van der Waals surface area contributed by atoms with Crippen LogP contribution in [0.1, 0.15) is 16.8 Å². The van der Waals surface area contributed by atoms with Gasteiger partial charge < -0.3 is 20.7 Å². The quantitative estimate of drug-likeness (QED) is 0.154. The molecule has 4 N–H and O–H groups in total. The largest absolute Gasteiger partial charge is 0.469 e. The van der Waals surface area contributed by atoms with Crippen molar-refractivity contribution in [1.29, 1.82) is 0 Å². The number of rotatable bonds is 11. The molecule has 0 aromatic heterocycles. The maximum atomic E-state index is 12.2. The molecule has 0 heterocycles. The number of non-ortho nitro benzene ring substituents is 1. The summed E-state index contributed by atoms with van der Waals surface area (Å²) in [5.74, 6) is -0.835. The second-order valence-electron chi connectivity index (χ2n) is 6.69. The molecule has 0 aliphatic rings. The molecular weight excluding hydrogens is 470 g/mol. The van der Waals surface area contributed by atoms with E-state index in [0.29, 0.717) is 11.3 Å². The smallest absolute Gasteiger partial charge is 0.319 e. The number of hydrogen-bond donors (Lipinski definition) is 4. The van der Waals surface area contributed by atoms with Crippen LogP contribution in [0.25, 0.3) is 0 Å². The van der Waals surface area contributed by atoms with E-state index in [1.165, 1.54) is 49.6 Å². The van der Waals surface area contributed by atoms with Gasteiger partial charge in [0, 0.05) is 43.0 Å². The van der Waals surface area contributed by atoms with Gasteiger partial charge in [-0.15, -0.1) is 0 Å². The Morgan fingerprint density at radius 3 is 2.35 bits per heavy atom. The van der Waals surface area contributed by atoms with Crippen molar-refractivity contribution in [2.24, 2.45) is 0 Å². The molecule has 0 aliphatic carbocycles. The number of urea groups is 1. The van der Waals surface area contributed by atoms with E-state index in [1.54, 1.807) is 0 Å². The molecule has 0 fully saturated rings. The number of sulfonamides is 1. The third kappa shape index (κ3) is 8.14. The van der Waals surface area contributed by atoms with Crippen molar-refractivity contribution in [3.63, 3.8) is 0 Å². The topological polar surface area (TPSA) is 186 Å². The fourth-order valence-corrected chi connectivity index (χ4v) is 3.64. The molecule has 0 spiro atoms. The Balaban J connectivity index is 1.76. The molecule has 2 rings (SSSR count). The third-order valence-electron chi connectivity index (χ3n) is 4.29. The van der Waals surface area contributed by atoms with Crippen LogP contribution in [-0.4, -0.2) is 58.0 Å². The van der Waals surface area contributed by atoms with E-state index in [2.05, 4.69) is 25.4 Å². The second kappa shape index (κ2) is 12.3. The average molecular weight is 493 g/mol. The first-order chi connectivity index (χ1) is 16.1. The number of methoxy groups -OCH3 is 1.